The molecule has 1 atom stereocenters. The summed E-state index contributed by atoms with van der Waals surface area (Å²) in [5.74, 6) is 0. The summed E-state index contributed by atoms with van der Waals surface area (Å²) in [5, 5.41) is 0. The summed E-state index contributed by atoms with van der Waals surface area (Å²) in [6, 6.07) is 10.0. The van der Waals surface area contributed by atoms with Gasteiger partial charge in [-0.05, 0) is 37.5 Å². The predicted molar refractivity (Wildman–Crippen MR) is 83.9 cm³/mol. The second-order valence-electron chi connectivity index (χ2n) is 6.22. The van der Waals surface area contributed by atoms with Gasteiger partial charge in [-0.3, -0.25) is 0 Å². The van der Waals surface area contributed by atoms with Gasteiger partial charge in [0.25, 0.3) is 0 Å². The highest BCUT2D eigenvalue weighted by Gasteiger charge is 2.25. The van der Waals surface area contributed by atoms with E-state index in [0.29, 0.717) is 12.8 Å². The molecule has 0 bridgehead atoms. The van der Waals surface area contributed by atoms with Crippen molar-refractivity contribution in [1.29, 1.82) is 0 Å². The normalized spacial score (nSPS) is 18.0. The maximum absolute atomic E-state index is 11.7. The van der Waals surface area contributed by atoms with Crippen molar-refractivity contribution in [3.63, 3.8) is 0 Å². The van der Waals surface area contributed by atoms with E-state index in [-0.39, 0.29) is 6.10 Å². The summed E-state index contributed by atoms with van der Waals surface area (Å²) in [6.45, 7) is 9.61. The minimum Gasteiger partial charge on any atom is -0.430 e. The number of carbonyl (C=O) groups excluding carboxylic acids is 1. The van der Waals surface area contributed by atoms with Gasteiger partial charge in [0.05, 0.1) is 0 Å². The number of hydrogen-bond donors (Lipinski definition) is 0. The van der Waals surface area contributed by atoms with E-state index >= 15 is 0 Å². The molecule has 2 rings (SSSR count). The molecule has 3 nitrogen and oxygen atoms in total. The van der Waals surface area contributed by atoms with Crippen LogP contribution in [0.25, 0.3) is 5.57 Å². The Morgan fingerprint density at radius 1 is 1.24 bits per heavy atom. The van der Waals surface area contributed by atoms with E-state index in [0.717, 1.165) is 16.7 Å². The van der Waals surface area contributed by atoms with Gasteiger partial charge < -0.3 is 9.47 Å². The van der Waals surface area contributed by atoms with Crippen molar-refractivity contribution < 1.29 is 14.3 Å². The van der Waals surface area contributed by atoms with E-state index in [1.807, 2.05) is 51.1 Å². The first-order chi connectivity index (χ1) is 9.85. The lowest BCUT2D eigenvalue weighted by molar-refractivity contribution is -0.0243. The van der Waals surface area contributed by atoms with Gasteiger partial charge >= 0.3 is 6.16 Å². The lowest BCUT2D eigenvalue weighted by Gasteiger charge is -2.21. The van der Waals surface area contributed by atoms with E-state index in [2.05, 4.69) is 12.7 Å². The maximum Gasteiger partial charge on any atom is 0.509 e. The van der Waals surface area contributed by atoms with Crippen LogP contribution < -0.4 is 0 Å². The van der Waals surface area contributed by atoms with Crippen molar-refractivity contribution in [3.05, 3.63) is 54.1 Å². The Hall–Kier alpha value is -2.03. The highest BCUT2D eigenvalue weighted by Crippen LogP contribution is 2.32. The van der Waals surface area contributed by atoms with Gasteiger partial charge in [0.1, 0.15) is 11.7 Å². The number of carbonyl (C=O) groups is 1. The van der Waals surface area contributed by atoms with Crippen LogP contribution in [0.2, 0.25) is 0 Å². The SMILES string of the molecule is C=C(C1=CCC(OC(=O)OC(C)(C)C)C1)c1ccccc1. The van der Waals surface area contributed by atoms with E-state index < -0.39 is 11.8 Å². The quantitative estimate of drug-likeness (QED) is 0.753. The molecular formula is C18H22O3. The molecule has 0 amide bonds. The molecule has 0 spiro atoms. The van der Waals surface area contributed by atoms with E-state index in [9.17, 15) is 4.79 Å². The van der Waals surface area contributed by atoms with E-state index in [1.54, 1.807) is 0 Å². The standard InChI is InChI=1S/C18H22O3/c1-13(14-8-6-5-7-9-14)15-10-11-16(12-15)20-17(19)21-18(2,3)4/h5-10,16H,1,11-12H2,2-4H3. The average molecular weight is 286 g/mol. The average Bonchev–Trinajstić information content (AvgIpc) is 2.85. The Balaban J connectivity index is 1.89. The van der Waals surface area contributed by atoms with Gasteiger partial charge in [-0.15, -0.1) is 0 Å². The number of benzene rings is 1. The van der Waals surface area contributed by atoms with Crippen LogP contribution in [0.5, 0.6) is 0 Å². The first-order valence-electron chi connectivity index (χ1n) is 7.18. The molecule has 0 heterocycles. The van der Waals surface area contributed by atoms with Gasteiger partial charge in [-0.2, -0.15) is 0 Å². The highest BCUT2D eigenvalue weighted by atomic mass is 16.7. The van der Waals surface area contributed by atoms with Crippen molar-refractivity contribution in [2.75, 3.05) is 0 Å². The summed E-state index contributed by atoms with van der Waals surface area (Å²) < 4.78 is 10.5. The molecule has 0 radical (unpaired) electrons. The molecule has 1 aliphatic carbocycles. The first-order valence-corrected chi connectivity index (χ1v) is 7.18. The minimum absolute atomic E-state index is 0.157. The summed E-state index contributed by atoms with van der Waals surface area (Å²) in [6.07, 6.45) is 2.72. The summed E-state index contributed by atoms with van der Waals surface area (Å²) in [7, 11) is 0. The second kappa shape index (κ2) is 6.17. The fourth-order valence-electron chi connectivity index (χ4n) is 2.26. The van der Waals surface area contributed by atoms with Crippen LogP contribution in [0, 0.1) is 0 Å². The zero-order chi connectivity index (χ0) is 15.5. The van der Waals surface area contributed by atoms with Gasteiger partial charge in [-0.25, -0.2) is 4.79 Å². The van der Waals surface area contributed by atoms with Gasteiger partial charge in [0, 0.05) is 12.8 Å². The molecule has 112 valence electrons. The Morgan fingerprint density at radius 2 is 1.90 bits per heavy atom. The predicted octanol–water partition coefficient (Wildman–Crippen LogP) is 4.74. The molecule has 0 saturated carbocycles. The van der Waals surface area contributed by atoms with E-state index in [4.69, 9.17) is 9.47 Å². The topological polar surface area (TPSA) is 35.5 Å². The molecule has 0 saturated heterocycles. The third-order valence-corrected chi connectivity index (χ3v) is 3.24. The Labute approximate surface area is 126 Å². The van der Waals surface area contributed by atoms with Crippen molar-refractivity contribution in [2.45, 2.75) is 45.3 Å². The molecule has 3 heteroatoms. The Morgan fingerprint density at radius 3 is 2.52 bits per heavy atom. The van der Waals surface area contributed by atoms with Crippen molar-refractivity contribution in [2.24, 2.45) is 0 Å². The number of ether oxygens (including phenoxy) is 2. The molecule has 0 N–H and O–H groups in total. The summed E-state index contributed by atoms with van der Waals surface area (Å²) in [5.41, 5.74) is 2.70. The van der Waals surface area contributed by atoms with Crippen LogP contribution in [-0.2, 0) is 9.47 Å². The zero-order valence-corrected chi connectivity index (χ0v) is 12.9. The molecule has 1 aromatic rings. The van der Waals surface area contributed by atoms with Gasteiger partial charge in [0.2, 0.25) is 0 Å². The molecular weight excluding hydrogens is 264 g/mol. The van der Waals surface area contributed by atoms with Crippen LogP contribution in [-0.4, -0.2) is 17.9 Å². The van der Waals surface area contributed by atoms with Gasteiger partial charge in [-0.1, -0.05) is 43.0 Å². The minimum atomic E-state index is -0.604. The first kappa shape index (κ1) is 15.4. The monoisotopic (exact) mass is 286 g/mol. The lowest BCUT2D eigenvalue weighted by Crippen LogP contribution is -2.27. The van der Waals surface area contributed by atoms with Crippen LogP contribution in [0.1, 0.15) is 39.2 Å². The molecule has 0 fully saturated rings. The van der Waals surface area contributed by atoms with Crippen LogP contribution in [0.15, 0.2) is 48.6 Å². The number of rotatable bonds is 3. The third-order valence-electron chi connectivity index (χ3n) is 3.24. The van der Waals surface area contributed by atoms with Crippen molar-refractivity contribution in [3.8, 4) is 0 Å². The molecule has 21 heavy (non-hydrogen) atoms. The molecule has 1 unspecified atom stereocenters. The van der Waals surface area contributed by atoms with Crippen molar-refractivity contribution in [1.82, 2.24) is 0 Å². The maximum atomic E-state index is 11.7. The third kappa shape index (κ3) is 4.48. The summed E-state index contributed by atoms with van der Waals surface area (Å²) in [4.78, 5) is 11.7. The molecule has 0 aliphatic heterocycles. The largest absolute Gasteiger partial charge is 0.509 e. The molecule has 1 aliphatic rings. The number of hydrogen-bond acceptors (Lipinski definition) is 3. The van der Waals surface area contributed by atoms with E-state index in [1.165, 1.54) is 0 Å². The fraction of sp³-hybridized carbons (Fsp3) is 0.389. The molecule has 0 aromatic heterocycles. The number of allylic oxidation sites excluding steroid dienone is 1. The van der Waals surface area contributed by atoms with Crippen LogP contribution in [0.4, 0.5) is 4.79 Å². The van der Waals surface area contributed by atoms with Crippen LogP contribution >= 0.6 is 0 Å². The summed E-state index contributed by atoms with van der Waals surface area (Å²) >= 11 is 0. The Kier molecular flexibility index (Phi) is 4.51. The van der Waals surface area contributed by atoms with Crippen molar-refractivity contribution >= 4 is 11.7 Å². The zero-order valence-electron chi connectivity index (χ0n) is 12.9. The van der Waals surface area contributed by atoms with Crippen LogP contribution in [0.3, 0.4) is 0 Å². The van der Waals surface area contributed by atoms with Gasteiger partial charge in [0.15, 0.2) is 0 Å². The smallest absolute Gasteiger partial charge is 0.430 e. The molecule has 1 aromatic carbocycles. The highest BCUT2D eigenvalue weighted by molar-refractivity contribution is 5.77. The Bertz CT molecular complexity index is 550. The second-order valence-corrected chi connectivity index (χ2v) is 6.22. The fourth-order valence-corrected chi connectivity index (χ4v) is 2.26. The lowest BCUT2D eigenvalue weighted by atomic mass is 9.99.